The van der Waals surface area contributed by atoms with E-state index >= 15 is 0 Å². The first-order chi connectivity index (χ1) is 8.44. The van der Waals surface area contributed by atoms with Crippen LogP contribution in [0.5, 0.6) is 0 Å². The summed E-state index contributed by atoms with van der Waals surface area (Å²) < 4.78 is 1.03. The minimum Gasteiger partial charge on any atom is -0.341 e. The Morgan fingerprint density at radius 3 is 2.78 bits per heavy atom. The van der Waals surface area contributed by atoms with Crippen LogP contribution in [-0.2, 0) is 5.41 Å². The van der Waals surface area contributed by atoms with Gasteiger partial charge in [-0.15, -0.1) is 0 Å². The first kappa shape index (κ1) is 12.8. The predicted octanol–water partition coefficient (Wildman–Crippen LogP) is 3.95. The van der Waals surface area contributed by atoms with Crippen molar-refractivity contribution in [1.29, 1.82) is 5.26 Å². The number of nitrogens with one attached hydrogen (secondary N) is 1. The van der Waals surface area contributed by atoms with Crippen LogP contribution >= 0.6 is 15.9 Å². The minimum atomic E-state index is -0.599. The third kappa shape index (κ3) is 2.32. The zero-order valence-electron chi connectivity index (χ0n) is 10.6. The summed E-state index contributed by atoms with van der Waals surface area (Å²) in [5.74, 6) is 0.694. The van der Waals surface area contributed by atoms with E-state index in [0.717, 1.165) is 15.7 Å². The van der Waals surface area contributed by atoms with E-state index in [-0.39, 0.29) is 0 Å². The van der Waals surface area contributed by atoms with E-state index in [1.807, 2.05) is 26.0 Å². The number of imidazole rings is 1. The largest absolute Gasteiger partial charge is 0.341 e. The van der Waals surface area contributed by atoms with E-state index in [1.54, 1.807) is 6.20 Å². The van der Waals surface area contributed by atoms with Crippen LogP contribution in [0.4, 0.5) is 0 Å². The molecule has 0 amide bonds. The summed E-state index contributed by atoms with van der Waals surface area (Å²) in [5, 5.41) is 9.11. The lowest BCUT2D eigenvalue weighted by molar-refractivity contribution is 0.640. The summed E-state index contributed by atoms with van der Waals surface area (Å²) in [5.41, 5.74) is 2.60. The van der Waals surface area contributed by atoms with Crippen LogP contribution in [-0.4, -0.2) is 9.97 Å². The second-order valence-electron chi connectivity index (χ2n) is 4.84. The van der Waals surface area contributed by atoms with E-state index in [1.165, 1.54) is 5.56 Å². The highest BCUT2D eigenvalue weighted by Gasteiger charge is 2.23. The second-order valence-corrected chi connectivity index (χ2v) is 5.76. The molecule has 0 radical (unpaired) electrons. The highest BCUT2D eigenvalue weighted by molar-refractivity contribution is 9.10. The number of aryl methyl sites for hydroxylation is 1. The van der Waals surface area contributed by atoms with Crippen molar-refractivity contribution in [1.82, 2.24) is 9.97 Å². The number of nitriles is 1. The molecule has 0 fully saturated rings. The Morgan fingerprint density at radius 2 is 2.11 bits per heavy atom. The summed E-state index contributed by atoms with van der Waals surface area (Å²) in [4.78, 5) is 7.55. The molecule has 0 spiro atoms. The van der Waals surface area contributed by atoms with E-state index in [2.05, 4.69) is 45.0 Å². The van der Waals surface area contributed by atoms with Crippen LogP contribution < -0.4 is 0 Å². The maximum absolute atomic E-state index is 9.11. The zero-order valence-corrected chi connectivity index (χ0v) is 12.2. The van der Waals surface area contributed by atoms with Gasteiger partial charge in [-0.2, -0.15) is 5.26 Å². The number of benzene rings is 1. The lowest BCUT2D eigenvalue weighted by Crippen LogP contribution is -2.15. The van der Waals surface area contributed by atoms with Crippen molar-refractivity contribution in [2.75, 3.05) is 0 Å². The van der Waals surface area contributed by atoms with Crippen LogP contribution in [0.15, 0.2) is 28.9 Å². The number of hydrogen-bond acceptors (Lipinski definition) is 2. The number of halogens is 1. The topological polar surface area (TPSA) is 52.5 Å². The van der Waals surface area contributed by atoms with Gasteiger partial charge in [0.2, 0.25) is 0 Å². The third-order valence-corrected chi connectivity index (χ3v) is 3.43. The first-order valence-corrected chi connectivity index (χ1v) is 6.46. The number of aromatic nitrogens is 2. The second kappa shape index (κ2) is 4.58. The molecule has 0 aliphatic heterocycles. The van der Waals surface area contributed by atoms with E-state index in [9.17, 15) is 0 Å². The van der Waals surface area contributed by atoms with E-state index in [0.29, 0.717) is 5.82 Å². The molecular formula is C14H14BrN3. The van der Waals surface area contributed by atoms with Gasteiger partial charge < -0.3 is 4.98 Å². The number of hydrogen-bond donors (Lipinski definition) is 1. The van der Waals surface area contributed by atoms with Gasteiger partial charge in [-0.3, -0.25) is 0 Å². The summed E-state index contributed by atoms with van der Waals surface area (Å²) in [6.07, 6.45) is 1.78. The van der Waals surface area contributed by atoms with Crippen LogP contribution in [0.2, 0.25) is 0 Å². The molecule has 18 heavy (non-hydrogen) atoms. The van der Waals surface area contributed by atoms with Gasteiger partial charge >= 0.3 is 0 Å². The predicted molar refractivity (Wildman–Crippen MR) is 75.1 cm³/mol. The molecule has 1 aromatic heterocycles. The van der Waals surface area contributed by atoms with Gasteiger partial charge in [0.25, 0.3) is 0 Å². The normalized spacial score (nSPS) is 11.3. The van der Waals surface area contributed by atoms with Crippen LogP contribution in [0.1, 0.15) is 25.2 Å². The molecule has 0 unspecified atom stereocenters. The van der Waals surface area contributed by atoms with Gasteiger partial charge in [-0.05, 0) is 38.5 Å². The Bertz CT molecular complexity index is 620. The molecule has 4 heteroatoms. The summed E-state index contributed by atoms with van der Waals surface area (Å²) in [6, 6.07) is 8.35. The summed E-state index contributed by atoms with van der Waals surface area (Å²) in [7, 11) is 0. The average Bonchev–Trinajstić information content (AvgIpc) is 2.82. The zero-order chi connectivity index (χ0) is 13.3. The molecule has 0 saturated carbocycles. The molecule has 2 aromatic rings. The van der Waals surface area contributed by atoms with Gasteiger partial charge in [-0.25, -0.2) is 4.98 Å². The third-order valence-electron chi connectivity index (χ3n) is 2.94. The molecule has 0 aliphatic rings. The maximum Gasteiger partial charge on any atom is 0.126 e. The fourth-order valence-corrected chi connectivity index (χ4v) is 2.07. The fourth-order valence-electron chi connectivity index (χ4n) is 1.71. The van der Waals surface area contributed by atoms with Gasteiger partial charge in [-0.1, -0.05) is 22.0 Å². The molecule has 3 nitrogen and oxygen atoms in total. The highest BCUT2D eigenvalue weighted by Crippen LogP contribution is 2.27. The van der Waals surface area contributed by atoms with Crippen LogP contribution in [0.3, 0.4) is 0 Å². The minimum absolute atomic E-state index is 0.599. The molecule has 2 rings (SSSR count). The average molecular weight is 304 g/mol. The van der Waals surface area contributed by atoms with Crippen molar-refractivity contribution >= 4 is 15.9 Å². The van der Waals surface area contributed by atoms with Crippen molar-refractivity contribution < 1.29 is 0 Å². The first-order valence-electron chi connectivity index (χ1n) is 5.67. The van der Waals surface area contributed by atoms with Gasteiger partial charge in [0, 0.05) is 10.0 Å². The lowest BCUT2D eigenvalue weighted by atomic mass is 9.95. The number of aromatic amines is 1. The molecule has 0 aliphatic carbocycles. The maximum atomic E-state index is 9.11. The van der Waals surface area contributed by atoms with Crippen molar-refractivity contribution in [3.8, 4) is 17.3 Å². The molecule has 0 bridgehead atoms. The number of nitrogens with zero attached hydrogens (tertiary/aromatic N) is 2. The highest BCUT2D eigenvalue weighted by atomic mass is 79.9. The Hall–Kier alpha value is -1.60. The summed E-state index contributed by atoms with van der Waals surface area (Å²) >= 11 is 3.47. The van der Waals surface area contributed by atoms with Crippen LogP contribution in [0, 0.1) is 18.3 Å². The van der Waals surface area contributed by atoms with E-state index in [4.69, 9.17) is 5.26 Å². The Morgan fingerprint density at radius 1 is 1.39 bits per heavy atom. The Labute approximate surface area is 115 Å². The number of rotatable bonds is 2. The van der Waals surface area contributed by atoms with Crippen molar-refractivity contribution in [3.63, 3.8) is 0 Å². The quantitative estimate of drug-likeness (QED) is 0.913. The Kier molecular flexibility index (Phi) is 3.27. The van der Waals surface area contributed by atoms with Crippen molar-refractivity contribution in [2.45, 2.75) is 26.2 Å². The monoisotopic (exact) mass is 303 g/mol. The molecule has 0 atom stereocenters. The Balaban J connectivity index is 2.48. The van der Waals surface area contributed by atoms with Gasteiger partial charge in [0.05, 0.1) is 18.0 Å². The van der Waals surface area contributed by atoms with E-state index < -0.39 is 5.41 Å². The van der Waals surface area contributed by atoms with Gasteiger partial charge in [0.1, 0.15) is 11.2 Å². The molecule has 92 valence electrons. The standard InChI is InChI=1S/C14H14BrN3/c1-9-4-5-10(15)6-11(9)12-7-17-13(18-12)14(2,3)8-16/h4-7H,1-3H3,(H,17,18). The van der Waals surface area contributed by atoms with Crippen LogP contribution in [0.25, 0.3) is 11.3 Å². The lowest BCUT2D eigenvalue weighted by Gasteiger charge is -2.11. The molecule has 1 N–H and O–H groups in total. The molecular weight excluding hydrogens is 290 g/mol. The SMILES string of the molecule is Cc1ccc(Br)cc1-c1cnc(C(C)(C)C#N)[nH]1. The van der Waals surface area contributed by atoms with Crippen molar-refractivity contribution in [2.24, 2.45) is 0 Å². The molecule has 1 aromatic carbocycles. The van der Waals surface area contributed by atoms with Gasteiger partial charge in [0.15, 0.2) is 0 Å². The smallest absolute Gasteiger partial charge is 0.126 e. The summed E-state index contributed by atoms with van der Waals surface area (Å²) in [6.45, 7) is 5.75. The van der Waals surface area contributed by atoms with Crippen molar-refractivity contribution in [3.05, 3.63) is 40.3 Å². The molecule has 0 saturated heterocycles. The fraction of sp³-hybridized carbons (Fsp3) is 0.286. The molecule has 1 heterocycles. The number of H-pyrrole nitrogens is 1.